The van der Waals surface area contributed by atoms with Gasteiger partial charge in [0, 0.05) is 11.1 Å². The molecule has 0 radical (unpaired) electrons. The maximum Gasteiger partial charge on any atom is 0.166 e. The molecule has 0 fully saturated rings. The minimum atomic E-state index is 0.0440. The molecule has 0 aromatic heterocycles. The van der Waals surface area contributed by atoms with Crippen LogP contribution in [0.4, 0.5) is 0 Å². The fourth-order valence-electron chi connectivity index (χ4n) is 0.856. The van der Waals surface area contributed by atoms with Crippen molar-refractivity contribution in [3.05, 3.63) is 12.1 Å². The van der Waals surface area contributed by atoms with Crippen LogP contribution in [0.15, 0.2) is 12.1 Å². The van der Waals surface area contributed by atoms with Crippen molar-refractivity contribution >= 4 is 0 Å². The van der Waals surface area contributed by atoms with Crippen LogP contribution in [0, 0.1) is 0 Å². The number of rotatable bonds is 0. The molecule has 2 aliphatic rings. The first-order valence-corrected chi connectivity index (χ1v) is 3.77. The van der Waals surface area contributed by atoms with Crippen LogP contribution < -0.4 is 0 Å². The Balaban J connectivity index is 0.000000179. The number of hydrogen-bond donors (Lipinski definition) is 2. The van der Waals surface area contributed by atoms with Gasteiger partial charge in [0.15, 0.2) is 11.5 Å². The molecule has 0 unspecified atom stereocenters. The standard InChI is InChI=1S/C6H4O2.C3H8/c7-5-3-1-2-4(3)6(5)8;1-3-2/h1-2,7-8H;3H2,1-2H3. The third kappa shape index (κ3) is 1.04. The summed E-state index contributed by atoms with van der Waals surface area (Å²) in [5.41, 5.74) is 1.59. The highest BCUT2D eigenvalue weighted by Gasteiger charge is 2.24. The third-order valence-electron chi connectivity index (χ3n) is 1.44. The molecule has 0 spiro atoms. The lowest BCUT2D eigenvalue weighted by molar-refractivity contribution is 0.396. The first-order valence-electron chi connectivity index (χ1n) is 3.77. The van der Waals surface area contributed by atoms with Crippen molar-refractivity contribution in [1.29, 1.82) is 0 Å². The summed E-state index contributed by atoms with van der Waals surface area (Å²) >= 11 is 0. The largest absolute Gasteiger partial charge is 0.504 e. The van der Waals surface area contributed by atoms with Crippen LogP contribution in [-0.4, -0.2) is 10.2 Å². The van der Waals surface area contributed by atoms with Gasteiger partial charge in [-0.3, -0.25) is 0 Å². The van der Waals surface area contributed by atoms with E-state index < -0.39 is 0 Å². The molecule has 2 aliphatic carbocycles. The zero-order valence-electron chi connectivity index (χ0n) is 6.76. The monoisotopic (exact) mass is 152 g/mol. The normalized spacial score (nSPS) is 10.0. The van der Waals surface area contributed by atoms with Gasteiger partial charge in [-0.25, -0.2) is 0 Å². The predicted molar refractivity (Wildman–Crippen MR) is 44.7 cm³/mol. The number of benzene rings is 1. The number of phenols is 2. The van der Waals surface area contributed by atoms with Crippen molar-refractivity contribution < 1.29 is 10.2 Å². The van der Waals surface area contributed by atoms with E-state index in [4.69, 9.17) is 10.2 Å². The Morgan fingerprint density at radius 1 is 1.00 bits per heavy atom. The molecule has 0 bridgehead atoms. The average molecular weight is 152 g/mol. The third-order valence-corrected chi connectivity index (χ3v) is 1.44. The number of fused-ring (bicyclic) bond motifs is 1. The van der Waals surface area contributed by atoms with Gasteiger partial charge in [0.25, 0.3) is 0 Å². The number of hydrogen-bond acceptors (Lipinski definition) is 2. The van der Waals surface area contributed by atoms with Crippen molar-refractivity contribution in [3.8, 4) is 22.6 Å². The predicted octanol–water partition coefficient (Wildman–Crippen LogP) is 2.49. The molecule has 0 heterocycles. The summed E-state index contributed by atoms with van der Waals surface area (Å²) in [5, 5.41) is 17.5. The smallest absolute Gasteiger partial charge is 0.166 e. The zero-order valence-corrected chi connectivity index (χ0v) is 6.76. The Morgan fingerprint density at radius 2 is 1.27 bits per heavy atom. The molecular weight excluding hydrogens is 140 g/mol. The van der Waals surface area contributed by atoms with E-state index in [0.29, 0.717) is 0 Å². The molecule has 11 heavy (non-hydrogen) atoms. The van der Waals surface area contributed by atoms with Crippen molar-refractivity contribution in [2.24, 2.45) is 0 Å². The highest BCUT2D eigenvalue weighted by atomic mass is 16.3. The van der Waals surface area contributed by atoms with E-state index in [0.717, 1.165) is 11.1 Å². The SMILES string of the molecule is CCC.Oc1c2ccc-2c1O. The highest BCUT2D eigenvalue weighted by Crippen LogP contribution is 2.53. The summed E-state index contributed by atoms with van der Waals surface area (Å²) in [5.74, 6) is 0.0880. The maximum atomic E-state index is 8.73. The molecule has 0 aromatic rings. The Kier molecular flexibility index (Phi) is 2.03. The molecule has 60 valence electrons. The van der Waals surface area contributed by atoms with E-state index >= 15 is 0 Å². The van der Waals surface area contributed by atoms with Gasteiger partial charge in [-0.05, 0) is 12.1 Å². The van der Waals surface area contributed by atoms with Crippen LogP contribution in [-0.2, 0) is 0 Å². The summed E-state index contributed by atoms with van der Waals surface area (Å²) in [6, 6.07) is 3.54. The van der Waals surface area contributed by atoms with Gasteiger partial charge < -0.3 is 10.2 Å². The van der Waals surface area contributed by atoms with Crippen molar-refractivity contribution in [2.45, 2.75) is 20.3 Å². The van der Waals surface area contributed by atoms with Gasteiger partial charge in [0.2, 0.25) is 0 Å². The van der Waals surface area contributed by atoms with Crippen LogP contribution in [0.25, 0.3) is 11.1 Å². The van der Waals surface area contributed by atoms with Gasteiger partial charge in [-0.15, -0.1) is 0 Å². The summed E-state index contributed by atoms with van der Waals surface area (Å²) < 4.78 is 0. The molecule has 0 aliphatic heterocycles. The number of phenolic OH excluding ortho intramolecular Hbond substituents is 2. The van der Waals surface area contributed by atoms with Crippen molar-refractivity contribution in [1.82, 2.24) is 0 Å². The Bertz CT molecular complexity index is 240. The molecular formula is C9H12O2. The second kappa shape index (κ2) is 2.82. The Hall–Kier alpha value is -1.18. The highest BCUT2D eigenvalue weighted by molar-refractivity contribution is 5.92. The average Bonchev–Trinajstić information content (AvgIpc) is 1.87. The lowest BCUT2D eigenvalue weighted by atomic mass is 9.90. The van der Waals surface area contributed by atoms with Gasteiger partial charge in [-0.2, -0.15) is 0 Å². The van der Waals surface area contributed by atoms with E-state index in [1.807, 2.05) is 0 Å². The second-order valence-corrected chi connectivity index (χ2v) is 2.57. The second-order valence-electron chi connectivity index (χ2n) is 2.57. The minimum Gasteiger partial charge on any atom is -0.504 e. The molecule has 2 N–H and O–H groups in total. The molecule has 2 nitrogen and oxygen atoms in total. The van der Waals surface area contributed by atoms with Gasteiger partial charge in [-0.1, -0.05) is 20.3 Å². The zero-order chi connectivity index (χ0) is 8.43. The molecule has 0 aromatic carbocycles. The van der Waals surface area contributed by atoms with Crippen LogP contribution >= 0.6 is 0 Å². The van der Waals surface area contributed by atoms with E-state index in [1.165, 1.54) is 6.42 Å². The molecule has 0 saturated carbocycles. The summed E-state index contributed by atoms with van der Waals surface area (Å²) in [6.45, 7) is 4.25. The quantitative estimate of drug-likeness (QED) is 0.569. The van der Waals surface area contributed by atoms with Crippen LogP contribution in [0.2, 0.25) is 0 Å². The van der Waals surface area contributed by atoms with Crippen LogP contribution in [0.1, 0.15) is 20.3 Å². The number of aromatic hydroxyl groups is 2. The Labute approximate surface area is 66.1 Å². The van der Waals surface area contributed by atoms with Crippen LogP contribution in [0.5, 0.6) is 11.5 Å². The van der Waals surface area contributed by atoms with Gasteiger partial charge in [0.05, 0.1) is 0 Å². The Morgan fingerprint density at radius 3 is 1.36 bits per heavy atom. The van der Waals surface area contributed by atoms with E-state index in [2.05, 4.69) is 13.8 Å². The topological polar surface area (TPSA) is 40.5 Å². The first kappa shape index (κ1) is 7.92. The molecule has 2 rings (SSSR count). The van der Waals surface area contributed by atoms with E-state index in [-0.39, 0.29) is 11.5 Å². The fraction of sp³-hybridized carbons (Fsp3) is 0.333. The van der Waals surface area contributed by atoms with E-state index in [1.54, 1.807) is 12.1 Å². The summed E-state index contributed by atoms with van der Waals surface area (Å²) in [4.78, 5) is 0. The lowest BCUT2D eigenvalue weighted by Gasteiger charge is -2.18. The molecule has 2 heteroatoms. The fourth-order valence-corrected chi connectivity index (χ4v) is 0.856. The lowest BCUT2D eigenvalue weighted by Crippen LogP contribution is -1.91. The van der Waals surface area contributed by atoms with Crippen molar-refractivity contribution in [3.63, 3.8) is 0 Å². The van der Waals surface area contributed by atoms with E-state index in [9.17, 15) is 0 Å². The summed E-state index contributed by atoms with van der Waals surface area (Å²) in [7, 11) is 0. The minimum absolute atomic E-state index is 0.0440. The summed E-state index contributed by atoms with van der Waals surface area (Å²) in [6.07, 6.45) is 1.25. The molecule has 0 amide bonds. The maximum absolute atomic E-state index is 8.73. The van der Waals surface area contributed by atoms with Gasteiger partial charge in [0.1, 0.15) is 0 Å². The van der Waals surface area contributed by atoms with Crippen LogP contribution in [0.3, 0.4) is 0 Å². The van der Waals surface area contributed by atoms with Crippen molar-refractivity contribution in [2.75, 3.05) is 0 Å². The van der Waals surface area contributed by atoms with Gasteiger partial charge >= 0.3 is 0 Å². The molecule has 0 atom stereocenters. The molecule has 0 saturated heterocycles. The first-order chi connectivity index (χ1) is 5.22.